The second-order valence-electron chi connectivity index (χ2n) is 10.2. The quantitative estimate of drug-likeness (QED) is 0.215. The molecule has 0 heterocycles. The van der Waals surface area contributed by atoms with E-state index in [1.54, 1.807) is 0 Å². The van der Waals surface area contributed by atoms with E-state index in [2.05, 4.69) is 45.0 Å². The number of benzene rings is 2. The molecule has 0 spiro atoms. The molecular weight excluding hydrogens is 416 g/mol. The minimum absolute atomic E-state index is 0.312. The smallest absolute Gasteiger partial charge is 0.118 e. The number of aromatic hydroxyl groups is 2. The maximum Gasteiger partial charge on any atom is 0.118 e. The van der Waals surface area contributed by atoms with Crippen LogP contribution in [-0.4, -0.2) is 10.2 Å². The van der Waals surface area contributed by atoms with Crippen LogP contribution in [0, 0.1) is 0 Å². The highest BCUT2D eigenvalue weighted by Gasteiger charge is 2.17. The molecule has 0 radical (unpaired) electrons. The van der Waals surface area contributed by atoms with Gasteiger partial charge in [0.25, 0.3) is 0 Å². The molecular formula is C32H50O2. The van der Waals surface area contributed by atoms with E-state index >= 15 is 0 Å². The molecule has 0 saturated carbocycles. The predicted molar refractivity (Wildman–Crippen MR) is 147 cm³/mol. The zero-order chi connectivity index (χ0) is 24.6. The van der Waals surface area contributed by atoms with Gasteiger partial charge in [-0.2, -0.15) is 0 Å². The first-order valence-corrected chi connectivity index (χ1v) is 14.2. The second-order valence-corrected chi connectivity index (χ2v) is 10.2. The van der Waals surface area contributed by atoms with Crippen molar-refractivity contribution in [3.8, 4) is 11.5 Å². The molecule has 34 heavy (non-hydrogen) atoms. The van der Waals surface area contributed by atoms with Gasteiger partial charge in [-0.05, 0) is 66.5 Å². The molecule has 2 rings (SSSR count). The molecule has 0 amide bonds. The molecule has 0 aliphatic heterocycles. The maximum atomic E-state index is 10.4. The first kappa shape index (κ1) is 28.3. The average molecular weight is 467 g/mol. The molecule has 2 heteroatoms. The third-order valence-corrected chi connectivity index (χ3v) is 7.21. The Bertz CT molecular complexity index is 753. The Labute approximate surface area is 209 Å². The van der Waals surface area contributed by atoms with Crippen LogP contribution in [0.25, 0.3) is 0 Å². The summed E-state index contributed by atoms with van der Waals surface area (Å²) >= 11 is 0. The van der Waals surface area contributed by atoms with E-state index in [0.29, 0.717) is 17.4 Å². The molecule has 0 bridgehead atoms. The van der Waals surface area contributed by atoms with Crippen molar-refractivity contribution >= 4 is 0 Å². The Morgan fingerprint density at radius 1 is 0.529 bits per heavy atom. The van der Waals surface area contributed by atoms with E-state index in [4.69, 9.17) is 0 Å². The lowest BCUT2D eigenvalue weighted by molar-refractivity contribution is 0.466. The Morgan fingerprint density at radius 3 is 1.38 bits per heavy atom. The van der Waals surface area contributed by atoms with Crippen LogP contribution in [0.3, 0.4) is 0 Å². The Balaban J connectivity index is 2.12. The van der Waals surface area contributed by atoms with Gasteiger partial charge in [0.1, 0.15) is 11.5 Å². The summed E-state index contributed by atoms with van der Waals surface area (Å²) < 4.78 is 0. The lowest BCUT2D eigenvalue weighted by Gasteiger charge is -2.21. The molecule has 2 aromatic carbocycles. The highest BCUT2D eigenvalue weighted by molar-refractivity contribution is 5.44. The summed E-state index contributed by atoms with van der Waals surface area (Å²) in [5.41, 5.74) is 4.74. The van der Waals surface area contributed by atoms with Crippen molar-refractivity contribution in [2.24, 2.45) is 0 Å². The van der Waals surface area contributed by atoms with Gasteiger partial charge in [0, 0.05) is 5.92 Å². The highest BCUT2D eigenvalue weighted by Crippen LogP contribution is 2.35. The van der Waals surface area contributed by atoms with Gasteiger partial charge in [0.05, 0.1) is 0 Å². The van der Waals surface area contributed by atoms with Crippen molar-refractivity contribution in [3.63, 3.8) is 0 Å². The van der Waals surface area contributed by atoms with Gasteiger partial charge in [0.2, 0.25) is 0 Å². The molecule has 190 valence electrons. The van der Waals surface area contributed by atoms with Gasteiger partial charge in [-0.15, -0.1) is 0 Å². The molecule has 0 unspecified atom stereocenters. The first-order chi connectivity index (χ1) is 16.6. The van der Waals surface area contributed by atoms with Gasteiger partial charge in [-0.25, -0.2) is 0 Å². The molecule has 0 aliphatic rings. The number of aryl methyl sites for hydroxylation is 2. The van der Waals surface area contributed by atoms with Gasteiger partial charge in [-0.3, -0.25) is 0 Å². The number of rotatable bonds is 18. The van der Waals surface area contributed by atoms with Gasteiger partial charge < -0.3 is 10.2 Å². The van der Waals surface area contributed by atoms with Crippen LogP contribution in [0.4, 0.5) is 0 Å². The normalized spacial score (nSPS) is 11.4. The molecule has 2 nitrogen and oxygen atoms in total. The summed E-state index contributed by atoms with van der Waals surface area (Å²) in [5.74, 6) is 1.16. The Morgan fingerprint density at radius 2 is 0.941 bits per heavy atom. The highest BCUT2D eigenvalue weighted by atomic mass is 16.3. The predicted octanol–water partition coefficient (Wildman–Crippen LogP) is 9.84. The van der Waals surface area contributed by atoms with Crippen molar-refractivity contribution in [1.82, 2.24) is 0 Å². The SMILES string of the molecule is CCCCCCCCCCCC(c1ccc(O)c(CCCC)c1)c1ccc(O)c(CCCC)c1. The summed E-state index contributed by atoms with van der Waals surface area (Å²) in [6.07, 6.45) is 19.5. The molecule has 0 saturated heterocycles. The minimum Gasteiger partial charge on any atom is -0.508 e. The zero-order valence-electron chi connectivity index (χ0n) is 22.2. The Hall–Kier alpha value is -1.96. The van der Waals surface area contributed by atoms with E-state index in [9.17, 15) is 10.2 Å². The fraction of sp³-hybridized carbons (Fsp3) is 0.625. The molecule has 2 aromatic rings. The minimum atomic E-state index is 0.312. The lowest BCUT2D eigenvalue weighted by atomic mass is 9.84. The van der Waals surface area contributed by atoms with Crippen LogP contribution in [0.1, 0.15) is 139 Å². The van der Waals surface area contributed by atoms with E-state index in [-0.39, 0.29) is 0 Å². The third kappa shape index (κ3) is 9.72. The largest absolute Gasteiger partial charge is 0.508 e. The van der Waals surface area contributed by atoms with Crippen LogP contribution in [0.15, 0.2) is 36.4 Å². The standard InChI is InChI=1S/C32H50O2/c1-4-7-10-11-12-13-14-15-16-19-30(26-20-22-31(33)28(24-26)17-8-5-2)27-21-23-32(34)29(25-27)18-9-6-3/h20-25,30,33-34H,4-19H2,1-3H3. The van der Waals surface area contributed by atoms with Gasteiger partial charge >= 0.3 is 0 Å². The summed E-state index contributed by atoms with van der Waals surface area (Å²) in [4.78, 5) is 0. The second kappa shape index (κ2) is 16.6. The monoisotopic (exact) mass is 466 g/mol. The van der Waals surface area contributed by atoms with Crippen LogP contribution in [0.5, 0.6) is 11.5 Å². The van der Waals surface area contributed by atoms with E-state index in [0.717, 1.165) is 56.1 Å². The maximum absolute atomic E-state index is 10.4. The number of hydrogen-bond acceptors (Lipinski definition) is 2. The van der Waals surface area contributed by atoms with E-state index in [1.165, 1.54) is 68.9 Å². The summed E-state index contributed by atoms with van der Waals surface area (Å²) in [6.45, 7) is 6.67. The van der Waals surface area contributed by atoms with Crippen molar-refractivity contribution in [1.29, 1.82) is 0 Å². The molecule has 2 N–H and O–H groups in total. The zero-order valence-corrected chi connectivity index (χ0v) is 22.2. The van der Waals surface area contributed by atoms with Crippen LogP contribution >= 0.6 is 0 Å². The first-order valence-electron chi connectivity index (χ1n) is 14.2. The molecule has 0 aliphatic carbocycles. The van der Waals surface area contributed by atoms with E-state index < -0.39 is 0 Å². The number of phenolic OH excluding ortho intramolecular Hbond substituents is 2. The number of hydrogen-bond donors (Lipinski definition) is 2. The van der Waals surface area contributed by atoms with Gasteiger partial charge in [0.15, 0.2) is 0 Å². The Kier molecular flexibility index (Phi) is 13.8. The number of phenols is 2. The average Bonchev–Trinajstić information content (AvgIpc) is 2.85. The lowest BCUT2D eigenvalue weighted by Crippen LogP contribution is -2.04. The van der Waals surface area contributed by atoms with Crippen LogP contribution in [0.2, 0.25) is 0 Å². The third-order valence-electron chi connectivity index (χ3n) is 7.21. The van der Waals surface area contributed by atoms with Gasteiger partial charge in [-0.1, -0.05) is 116 Å². The summed E-state index contributed by atoms with van der Waals surface area (Å²) in [6, 6.07) is 12.5. The van der Waals surface area contributed by atoms with Crippen molar-refractivity contribution in [2.75, 3.05) is 0 Å². The number of unbranched alkanes of at least 4 members (excludes halogenated alkanes) is 10. The molecule has 0 aromatic heterocycles. The molecule has 0 atom stereocenters. The van der Waals surface area contributed by atoms with E-state index in [1.807, 2.05) is 12.1 Å². The topological polar surface area (TPSA) is 40.5 Å². The van der Waals surface area contributed by atoms with Crippen molar-refractivity contribution in [3.05, 3.63) is 58.7 Å². The van der Waals surface area contributed by atoms with Crippen LogP contribution < -0.4 is 0 Å². The van der Waals surface area contributed by atoms with Crippen molar-refractivity contribution in [2.45, 2.75) is 129 Å². The van der Waals surface area contributed by atoms with Crippen molar-refractivity contribution < 1.29 is 10.2 Å². The summed E-state index contributed by atoms with van der Waals surface area (Å²) in [7, 11) is 0. The van der Waals surface area contributed by atoms with Crippen LogP contribution in [-0.2, 0) is 12.8 Å². The molecule has 0 fully saturated rings. The summed E-state index contributed by atoms with van der Waals surface area (Å²) in [5, 5.41) is 20.8. The fourth-order valence-electron chi connectivity index (χ4n) is 4.96. The fourth-order valence-corrected chi connectivity index (χ4v) is 4.96.